The Morgan fingerprint density at radius 3 is 2.47 bits per heavy atom. The van der Waals surface area contributed by atoms with Crippen LogP contribution in [0, 0.1) is 6.92 Å². The smallest absolute Gasteiger partial charge is 0.273 e. The van der Waals surface area contributed by atoms with E-state index in [1.807, 2.05) is 58.0 Å². The zero-order valence-electron chi connectivity index (χ0n) is 18.3. The van der Waals surface area contributed by atoms with Gasteiger partial charge in [-0.25, -0.2) is 4.68 Å². The SMILES string of the molecule is Cc1ccc(C(=O)Nc2nc3c(s2)c(C(=O)NCc2ccccn2)nn3C(C)(C)C)cc1. The summed E-state index contributed by atoms with van der Waals surface area (Å²) in [5.74, 6) is -0.568. The maximum Gasteiger partial charge on any atom is 0.273 e. The molecule has 32 heavy (non-hydrogen) atoms. The van der Waals surface area contributed by atoms with Crippen molar-refractivity contribution in [2.24, 2.45) is 0 Å². The summed E-state index contributed by atoms with van der Waals surface area (Å²) in [6.07, 6.45) is 1.68. The number of hydrogen-bond donors (Lipinski definition) is 2. The highest BCUT2D eigenvalue weighted by molar-refractivity contribution is 7.22. The molecule has 4 rings (SSSR count). The summed E-state index contributed by atoms with van der Waals surface area (Å²) in [6.45, 7) is 8.21. The van der Waals surface area contributed by atoms with Crippen molar-refractivity contribution in [3.05, 3.63) is 71.2 Å². The van der Waals surface area contributed by atoms with Crippen LogP contribution in [0.25, 0.3) is 10.3 Å². The van der Waals surface area contributed by atoms with Crippen LogP contribution in [0.15, 0.2) is 48.7 Å². The molecular formula is C23H24N6O2S. The van der Waals surface area contributed by atoms with Gasteiger partial charge in [-0.3, -0.25) is 19.9 Å². The lowest BCUT2D eigenvalue weighted by atomic mass is 10.1. The molecule has 0 saturated heterocycles. The van der Waals surface area contributed by atoms with Crippen molar-refractivity contribution in [1.82, 2.24) is 25.1 Å². The number of carbonyl (C=O) groups excluding carboxylic acids is 2. The van der Waals surface area contributed by atoms with Crippen LogP contribution < -0.4 is 10.6 Å². The Morgan fingerprint density at radius 1 is 1.06 bits per heavy atom. The first-order valence-corrected chi connectivity index (χ1v) is 11.0. The van der Waals surface area contributed by atoms with Gasteiger partial charge in [0.25, 0.3) is 11.8 Å². The summed E-state index contributed by atoms with van der Waals surface area (Å²) in [5.41, 5.74) is 2.81. The number of rotatable bonds is 5. The Kier molecular flexibility index (Phi) is 5.75. The normalized spacial score (nSPS) is 11.5. The van der Waals surface area contributed by atoms with Gasteiger partial charge in [-0.15, -0.1) is 0 Å². The zero-order valence-corrected chi connectivity index (χ0v) is 19.2. The molecular weight excluding hydrogens is 424 g/mol. The monoisotopic (exact) mass is 448 g/mol. The zero-order chi connectivity index (χ0) is 22.9. The number of anilines is 1. The van der Waals surface area contributed by atoms with Crippen LogP contribution in [-0.4, -0.2) is 31.6 Å². The van der Waals surface area contributed by atoms with E-state index >= 15 is 0 Å². The van der Waals surface area contributed by atoms with Crippen LogP contribution in [0.5, 0.6) is 0 Å². The number of nitrogens with zero attached hydrogens (tertiary/aromatic N) is 4. The molecule has 0 saturated carbocycles. The van der Waals surface area contributed by atoms with E-state index in [0.717, 1.165) is 11.3 Å². The first kappa shape index (κ1) is 21.6. The minimum atomic E-state index is -0.399. The van der Waals surface area contributed by atoms with E-state index in [9.17, 15) is 9.59 Å². The van der Waals surface area contributed by atoms with Gasteiger partial charge in [0.1, 0.15) is 4.70 Å². The van der Waals surface area contributed by atoms with E-state index in [0.29, 0.717) is 27.6 Å². The Labute approximate surface area is 189 Å². The van der Waals surface area contributed by atoms with Gasteiger partial charge in [0.15, 0.2) is 16.5 Å². The molecule has 3 aromatic heterocycles. The van der Waals surface area contributed by atoms with Gasteiger partial charge < -0.3 is 5.32 Å². The largest absolute Gasteiger partial charge is 0.345 e. The molecule has 0 bridgehead atoms. The third-order valence-corrected chi connectivity index (χ3v) is 5.73. The van der Waals surface area contributed by atoms with Gasteiger partial charge in [-0.2, -0.15) is 10.1 Å². The highest BCUT2D eigenvalue weighted by Crippen LogP contribution is 2.32. The number of nitrogens with one attached hydrogen (secondary N) is 2. The van der Waals surface area contributed by atoms with Gasteiger partial charge in [0, 0.05) is 11.8 Å². The topological polar surface area (TPSA) is 102 Å². The maximum absolute atomic E-state index is 12.9. The lowest BCUT2D eigenvalue weighted by molar-refractivity contribution is 0.0944. The third-order valence-electron chi connectivity index (χ3n) is 4.77. The van der Waals surface area contributed by atoms with Gasteiger partial charge >= 0.3 is 0 Å². The van der Waals surface area contributed by atoms with Gasteiger partial charge in [0.2, 0.25) is 0 Å². The van der Waals surface area contributed by atoms with E-state index in [1.165, 1.54) is 11.3 Å². The molecule has 0 aliphatic rings. The number of aromatic nitrogens is 4. The van der Waals surface area contributed by atoms with Crippen LogP contribution in [0.1, 0.15) is 52.9 Å². The van der Waals surface area contributed by atoms with E-state index in [2.05, 4.69) is 25.7 Å². The molecule has 0 aliphatic carbocycles. The highest BCUT2D eigenvalue weighted by atomic mass is 32.1. The lowest BCUT2D eigenvalue weighted by Crippen LogP contribution is -2.26. The first-order chi connectivity index (χ1) is 15.2. The summed E-state index contributed by atoms with van der Waals surface area (Å²) in [6, 6.07) is 12.8. The first-order valence-electron chi connectivity index (χ1n) is 10.2. The molecule has 4 aromatic rings. The van der Waals surface area contributed by atoms with E-state index < -0.39 is 5.54 Å². The summed E-state index contributed by atoms with van der Waals surface area (Å²) < 4.78 is 2.34. The number of pyridine rings is 1. The molecule has 0 spiro atoms. The highest BCUT2D eigenvalue weighted by Gasteiger charge is 2.27. The summed E-state index contributed by atoms with van der Waals surface area (Å²) in [5, 5.41) is 10.7. The van der Waals surface area contributed by atoms with Gasteiger partial charge in [-0.1, -0.05) is 35.1 Å². The van der Waals surface area contributed by atoms with E-state index in [-0.39, 0.29) is 17.5 Å². The van der Waals surface area contributed by atoms with Crippen molar-refractivity contribution in [2.75, 3.05) is 5.32 Å². The standard InChI is InChI=1S/C23H24N6O2S/c1-14-8-10-15(11-9-14)20(30)27-22-26-19-18(32-22)17(28-29(19)23(2,3)4)21(31)25-13-16-7-5-6-12-24-16/h5-12H,13H2,1-4H3,(H,25,31)(H,26,27,30). The van der Waals surface area contributed by atoms with Crippen molar-refractivity contribution < 1.29 is 9.59 Å². The van der Waals surface area contributed by atoms with Crippen LogP contribution in [0.2, 0.25) is 0 Å². The Bertz CT molecular complexity index is 1270. The average molecular weight is 449 g/mol. The Morgan fingerprint density at radius 2 is 1.81 bits per heavy atom. The van der Waals surface area contributed by atoms with Crippen molar-refractivity contribution in [3.8, 4) is 0 Å². The number of aryl methyl sites for hydroxylation is 1. The fourth-order valence-electron chi connectivity index (χ4n) is 3.10. The second kappa shape index (κ2) is 8.51. The average Bonchev–Trinajstić information content (AvgIpc) is 3.31. The number of fused-ring (bicyclic) bond motifs is 1. The second-order valence-corrected chi connectivity index (χ2v) is 9.43. The summed E-state index contributed by atoms with van der Waals surface area (Å²) in [7, 11) is 0. The Hall–Kier alpha value is -3.59. The van der Waals surface area contributed by atoms with Gasteiger partial charge in [-0.05, 0) is 52.0 Å². The fraction of sp³-hybridized carbons (Fsp3) is 0.261. The molecule has 1 aromatic carbocycles. The van der Waals surface area contributed by atoms with E-state index in [1.54, 1.807) is 23.0 Å². The number of hydrogen-bond acceptors (Lipinski definition) is 6. The van der Waals surface area contributed by atoms with Crippen molar-refractivity contribution >= 4 is 38.6 Å². The van der Waals surface area contributed by atoms with Crippen LogP contribution in [-0.2, 0) is 12.1 Å². The number of carbonyl (C=O) groups is 2. The number of benzene rings is 1. The second-order valence-electron chi connectivity index (χ2n) is 8.43. The lowest BCUT2D eigenvalue weighted by Gasteiger charge is -2.19. The molecule has 0 atom stereocenters. The molecule has 2 N–H and O–H groups in total. The number of amides is 2. The Balaban J connectivity index is 1.63. The van der Waals surface area contributed by atoms with Crippen molar-refractivity contribution in [1.29, 1.82) is 0 Å². The molecule has 2 amide bonds. The molecule has 8 nitrogen and oxygen atoms in total. The van der Waals surface area contributed by atoms with Crippen LogP contribution in [0.4, 0.5) is 5.13 Å². The number of thiazole rings is 1. The molecule has 0 fully saturated rings. The van der Waals surface area contributed by atoms with Crippen molar-refractivity contribution in [2.45, 2.75) is 39.8 Å². The maximum atomic E-state index is 12.9. The predicted octanol–water partition coefficient (Wildman–Crippen LogP) is 4.13. The summed E-state index contributed by atoms with van der Waals surface area (Å²) in [4.78, 5) is 34.4. The molecule has 0 aliphatic heterocycles. The third kappa shape index (κ3) is 4.52. The minimum absolute atomic E-state index is 0.252. The quantitative estimate of drug-likeness (QED) is 0.478. The van der Waals surface area contributed by atoms with Crippen LogP contribution >= 0.6 is 11.3 Å². The van der Waals surface area contributed by atoms with E-state index in [4.69, 9.17) is 0 Å². The van der Waals surface area contributed by atoms with Gasteiger partial charge in [0.05, 0.1) is 17.8 Å². The molecule has 0 radical (unpaired) electrons. The van der Waals surface area contributed by atoms with Crippen LogP contribution in [0.3, 0.4) is 0 Å². The molecule has 9 heteroatoms. The molecule has 164 valence electrons. The summed E-state index contributed by atoms with van der Waals surface area (Å²) >= 11 is 1.23. The minimum Gasteiger partial charge on any atom is -0.345 e. The van der Waals surface area contributed by atoms with Crippen molar-refractivity contribution in [3.63, 3.8) is 0 Å². The molecule has 0 unspecified atom stereocenters. The fourth-order valence-corrected chi connectivity index (χ4v) is 4.03. The molecule has 3 heterocycles. The predicted molar refractivity (Wildman–Crippen MR) is 125 cm³/mol.